The summed E-state index contributed by atoms with van der Waals surface area (Å²) in [5.41, 5.74) is 3.89. The molecule has 0 bridgehead atoms. The molecule has 94 valence electrons. The van der Waals surface area contributed by atoms with Gasteiger partial charge in [-0.1, -0.05) is 41.9 Å². The van der Waals surface area contributed by atoms with Gasteiger partial charge in [-0.3, -0.25) is 0 Å². The second-order valence-electron chi connectivity index (χ2n) is 4.48. The minimum absolute atomic E-state index is 0.480. The Kier molecular flexibility index (Phi) is 5.76. The number of ether oxygens (including phenoxy) is 1. The Morgan fingerprint density at radius 2 is 2.12 bits per heavy atom. The Balaban J connectivity index is 3.07. The third kappa shape index (κ3) is 3.88. The molecule has 0 amide bonds. The van der Waals surface area contributed by atoms with Crippen molar-refractivity contribution in [2.24, 2.45) is 0 Å². The summed E-state index contributed by atoms with van der Waals surface area (Å²) in [7, 11) is 1.73. The highest BCUT2D eigenvalue weighted by molar-refractivity contribution is 9.09. The van der Waals surface area contributed by atoms with Crippen LogP contribution in [-0.2, 0) is 0 Å². The lowest BCUT2D eigenvalue weighted by molar-refractivity contribution is 0.407. The zero-order valence-corrected chi connectivity index (χ0v) is 12.7. The highest BCUT2D eigenvalue weighted by atomic mass is 79.9. The van der Waals surface area contributed by atoms with Gasteiger partial charge in [0.2, 0.25) is 0 Å². The molecule has 0 radical (unpaired) electrons. The summed E-state index contributed by atoms with van der Waals surface area (Å²) in [6, 6.07) is 6.44. The minimum atomic E-state index is 0.480. The van der Waals surface area contributed by atoms with Crippen molar-refractivity contribution >= 4 is 21.5 Å². The van der Waals surface area contributed by atoms with Gasteiger partial charge in [-0.15, -0.1) is 0 Å². The molecule has 0 aliphatic heterocycles. The molecular weight excluding hydrogens is 276 g/mol. The fourth-order valence-electron chi connectivity index (χ4n) is 1.82. The first-order valence-corrected chi connectivity index (χ1v) is 7.13. The van der Waals surface area contributed by atoms with Crippen molar-refractivity contribution in [3.8, 4) is 5.75 Å². The van der Waals surface area contributed by atoms with Crippen LogP contribution < -0.4 is 4.74 Å². The highest BCUT2D eigenvalue weighted by Gasteiger charge is 2.08. The molecule has 0 heterocycles. The average Bonchev–Trinajstić information content (AvgIpc) is 2.34. The molecule has 1 aromatic rings. The van der Waals surface area contributed by atoms with Gasteiger partial charge in [-0.05, 0) is 48.1 Å². The smallest absolute Gasteiger partial charge is 0.122 e. The van der Waals surface area contributed by atoms with Crippen LogP contribution >= 0.6 is 15.9 Å². The van der Waals surface area contributed by atoms with Crippen LogP contribution in [0.4, 0.5) is 0 Å². The second kappa shape index (κ2) is 6.85. The van der Waals surface area contributed by atoms with Crippen LogP contribution in [-0.4, -0.2) is 12.4 Å². The van der Waals surface area contributed by atoms with Crippen LogP contribution in [0.25, 0.3) is 5.57 Å². The number of benzene rings is 1. The number of alkyl halides is 1. The van der Waals surface area contributed by atoms with Crippen molar-refractivity contribution < 1.29 is 4.74 Å². The maximum absolute atomic E-state index is 5.40. The van der Waals surface area contributed by atoms with E-state index in [1.54, 1.807) is 7.11 Å². The Morgan fingerprint density at radius 1 is 1.41 bits per heavy atom. The third-order valence-electron chi connectivity index (χ3n) is 2.87. The van der Waals surface area contributed by atoms with Crippen LogP contribution in [0.5, 0.6) is 5.75 Å². The first-order valence-electron chi connectivity index (χ1n) is 6.01. The van der Waals surface area contributed by atoms with Crippen LogP contribution in [0, 0.1) is 0 Å². The minimum Gasteiger partial charge on any atom is -0.496 e. The predicted molar refractivity (Wildman–Crippen MR) is 79.1 cm³/mol. The van der Waals surface area contributed by atoms with E-state index in [4.69, 9.17) is 4.74 Å². The van der Waals surface area contributed by atoms with Gasteiger partial charge in [0.05, 0.1) is 7.11 Å². The molecule has 0 N–H and O–H groups in total. The summed E-state index contributed by atoms with van der Waals surface area (Å²) in [6.45, 7) is 6.55. The van der Waals surface area contributed by atoms with Gasteiger partial charge in [0.15, 0.2) is 0 Å². The quantitative estimate of drug-likeness (QED) is 0.694. The SMILES string of the molecule is COc1ccc(/C(C)=C/CCBr)cc1C(C)C. The standard InChI is InChI=1S/C15H21BrO/c1-11(2)14-10-13(7-8-15(14)17-4)12(3)6-5-9-16/h6-8,10-11H,5,9H2,1-4H3/b12-6+. The van der Waals surface area contributed by atoms with Crippen LogP contribution in [0.15, 0.2) is 24.3 Å². The van der Waals surface area contributed by atoms with Crippen molar-refractivity contribution in [1.82, 2.24) is 0 Å². The zero-order valence-electron chi connectivity index (χ0n) is 11.1. The van der Waals surface area contributed by atoms with E-state index < -0.39 is 0 Å². The lowest BCUT2D eigenvalue weighted by Crippen LogP contribution is -1.95. The molecular formula is C15H21BrO. The van der Waals surface area contributed by atoms with Crippen LogP contribution in [0.1, 0.15) is 44.2 Å². The fourth-order valence-corrected chi connectivity index (χ4v) is 2.05. The Labute approximate surface area is 113 Å². The van der Waals surface area contributed by atoms with Crippen molar-refractivity contribution in [2.75, 3.05) is 12.4 Å². The average molecular weight is 297 g/mol. The molecule has 0 aromatic heterocycles. The molecule has 0 saturated carbocycles. The number of allylic oxidation sites excluding steroid dienone is 2. The lowest BCUT2D eigenvalue weighted by atomic mass is 9.96. The van der Waals surface area contributed by atoms with Gasteiger partial charge in [0.25, 0.3) is 0 Å². The number of methoxy groups -OCH3 is 1. The van der Waals surface area contributed by atoms with Gasteiger partial charge in [-0.25, -0.2) is 0 Å². The highest BCUT2D eigenvalue weighted by Crippen LogP contribution is 2.29. The van der Waals surface area contributed by atoms with Gasteiger partial charge in [0, 0.05) is 5.33 Å². The number of rotatable bonds is 5. The van der Waals surface area contributed by atoms with E-state index in [0.29, 0.717) is 5.92 Å². The molecule has 1 nitrogen and oxygen atoms in total. The first-order chi connectivity index (χ1) is 8.10. The molecule has 0 saturated heterocycles. The fraction of sp³-hybridized carbons (Fsp3) is 0.467. The number of halogens is 1. The van der Waals surface area contributed by atoms with Crippen LogP contribution in [0.3, 0.4) is 0 Å². The molecule has 0 spiro atoms. The third-order valence-corrected chi connectivity index (χ3v) is 3.32. The van der Waals surface area contributed by atoms with Crippen molar-refractivity contribution in [3.05, 3.63) is 35.4 Å². The van der Waals surface area contributed by atoms with Gasteiger partial charge < -0.3 is 4.74 Å². The van der Waals surface area contributed by atoms with Gasteiger partial charge in [0.1, 0.15) is 5.75 Å². The predicted octanol–water partition coefficient (Wildman–Crippen LogP) is 5.01. The normalized spacial score (nSPS) is 12.0. The second-order valence-corrected chi connectivity index (χ2v) is 5.27. The summed E-state index contributed by atoms with van der Waals surface area (Å²) in [5.74, 6) is 1.46. The van der Waals surface area contributed by atoms with E-state index in [1.807, 2.05) is 0 Å². The molecule has 0 unspecified atom stereocenters. The van der Waals surface area contributed by atoms with Crippen molar-refractivity contribution in [2.45, 2.75) is 33.1 Å². The largest absolute Gasteiger partial charge is 0.496 e. The maximum atomic E-state index is 5.40. The van der Waals surface area contributed by atoms with E-state index >= 15 is 0 Å². The molecule has 0 atom stereocenters. The lowest BCUT2D eigenvalue weighted by Gasteiger charge is -2.14. The van der Waals surface area contributed by atoms with Crippen molar-refractivity contribution in [1.29, 1.82) is 0 Å². The molecule has 1 aromatic carbocycles. The monoisotopic (exact) mass is 296 g/mol. The molecule has 2 heteroatoms. The maximum Gasteiger partial charge on any atom is 0.122 e. The number of hydrogen-bond donors (Lipinski definition) is 0. The van der Waals surface area contributed by atoms with E-state index in [9.17, 15) is 0 Å². The zero-order chi connectivity index (χ0) is 12.8. The summed E-state index contributed by atoms with van der Waals surface area (Å²) in [6.07, 6.45) is 3.33. The van der Waals surface area contributed by atoms with E-state index in [-0.39, 0.29) is 0 Å². The summed E-state index contributed by atoms with van der Waals surface area (Å²) in [4.78, 5) is 0. The van der Waals surface area contributed by atoms with E-state index in [2.05, 4.69) is 61.0 Å². The Hall–Kier alpha value is -0.760. The summed E-state index contributed by atoms with van der Waals surface area (Å²) >= 11 is 3.45. The summed E-state index contributed by atoms with van der Waals surface area (Å²) < 4.78 is 5.40. The van der Waals surface area contributed by atoms with Crippen LogP contribution in [0.2, 0.25) is 0 Å². The molecule has 17 heavy (non-hydrogen) atoms. The molecule has 1 rings (SSSR count). The Bertz CT molecular complexity index is 394. The topological polar surface area (TPSA) is 9.23 Å². The molecule has 0 aliphatic rings. The molecule has 0 fully saturated rings. The van der Waals surface area contributed by atoms with Gasteiger partial charge in [-0.2, -0.15) is 0 Å². The van der Waals surface area contributed by atoms with E-state index in [1.165, 1.54) is 16.7 Å². The summed E-state index contributed by atoms with van der Waals surface area (Å²) in [5, 5.41) is 1.01. The first kappa shape index (κ1) is 14.3. The van der Waals surface area contributed by atoms with Crippen molar-refractivity contribution in [3.63, 3.8) is 0 Å². The van der Waals surface area contributed by atoms with E-state index in [0.717, 1.165) is 17.5 Å². The van der Waals surface area contributed by atoms with Gasteiger partial charge >= 0.3 is 0 Å². The number of hydrogen-bond acceptors (Lipinski definition) is 1. The Morgan fingerprint density at radius 3 is 2.65 bits per heavy atom. The molecule has 0 aliphatic carbocycles.